The summed E-state index contributed by atoms with van der Waals surface area (Å²) in [5.41, 5.74) is 9.23. The molecule has 0 amide bonds. The van der Waals surface area contributed by atoms with Crippen LogP contribution >= 0.6 is 12.4 Å². The average molecular weight is 366 g/mol. The highest BCUT2D eigenvalue weighted by molar-refractivity contribution is 5.85. The third-order valence-corrected chi connectivity index (χ3v) is 4.30. The van der Waals surface area contributed by atoms with Gasteiger partial charge in [0, 0.05) is 23.9 Å². The van der Waals surface area contributed by atoms with Gasteiger partial charge >= 0.3 is 5.69 Å². The van der Waals surface area contributed by atoms with Crippen molar-refractivity contribution in [3.8, 4) is 17.1 Å². The van der Waals surface area contributed by atoms with Gasteiger partial charge in [-0.25, -0.2) is 4.79 Å². The van der Waals surface area contributed by atoms with E-state index in [2.05, 4.69) is 4.98 Å². The molecule has 3 heterocycles. The van der Waals surface area contributed by atoms with Crippen molar-refractivity contribution in [3.05, 3.63) is 40.3 Å². The highest BCUT2D eigenvalue weighted by atomic mass is 35.5. The minimum absolute atomic E-state index is 0. The van der Waals surface area contributed by atoms with Crippen molar-refractivity contribution < 1.29 is 14.2 Å². The van der Waals surface area contributed by atoms with Gasteiger partial charge in [0.25, 0.3) is 0 Å². The van der Waals surface area contributed by atoms with Crippen LogP contribution < -0.4 is 16.2 Å². The van der Waals surface area contributed by atoms with Crippen molar-refractivity contribution in [1.82, 2.24) is 9.55 Å². The maximum atomic E-state index is 12.3. The zero-order valence-electron chi connectivity index (χ0n) is 13.6. The smallest absolute Gasteiger partial charge is 0.351 e. The largest absolute Gasteiger partial charge is 0.475 e. The van der Waals surface area contributed by atoms with E-state index in [1.165, 1.54) is 0 Å². The Morgan fingerprint density at radius 1 is 1.32 bits per heavy atom. The summed E-state index contributed by atoms with van der Waals surface area (Å²) >= 11 is 0. The summed E-state index contributed by atoms with van der Waals surface area (Å²) in [4.78, 5) is 16.3. The fourth-order valence-electron chi connectivity index (χ4n) is 3.11. The van der Waals surface area contributed by atoms with E-state index in [4.69, 9.17) is 19.9 Å². The minimum Gasteiger partial charge on any atom is -0.475 e. The molecular formula is C17H20ClN3O4. The van der Waals surface area contributed by atoms with Crippen LogP contribution in [0.2, 0.25) is 0 Å². The SMILES string of the molecule is Cl.Nc1ccc2c(c1)CCn1c-2cc(OC[C@@H]2COCCO2)nc1=O. The third kappa shape index (κ3) is 3.63. The molecule has 7 nitrogen and oxygen atoms in total. The van der Waals surface area contributed by atoms with E-state index >= 15 is 0 Å². The Bertz CT molecular complexity index is 818. The van der Waals surface area contributed by atoms with E-state index in [-0.39, 0.29) is 24.2 Å². The number of hydrogen-bond donors (Lipinski definition) is 1. The van der Waals surface area contributed by atoms with Crippen LogP contribution in [-0.4, -0.2) is 42.1 Å². The number of nitrogens with zero attached hydrogens (tertiary/aromatic N) is 2. The number of rotatable bonds is 3. The van der Waals surface area contributed by atoms with Gasteiger partial charge in [0.15, 0.2) is 0 Å². The maximum absolute atomic E-state index is 12.3. The Kier molecular flexibility index (Phi) is 5.27. The number of fused-ring (bicyclic) bond motifs is 3. The molecule has 2 aliphatic heterocycles. The van der Waals surface area contributed by atoms with Crippen LogP contribution in [0.25, 0.3) is 11.3 Å². The average Bonchev–Trinajstić information content (AvgIpc) is 2.60. The van der Waals surface area contributed by atoms with Crippen molar-refractivity contribution in [2.75, 3.05) is 32.2 Å². The molecule has 0 spiro atoms. The first-order valence-electron chi connectivity index (χ1n) is 8.03. The fourth-order valence-corrected chi connectivity index (χ4v) is 3.11. The molecule has 134 valence electrons. The van der Waals surface area contributed by atoms with Crippen molar-refractivity contribution in [2.24, 2.45) is 0 Å². The van der Waals surface area contributed by atoms with Crippen molar-refractivity contribution in [3.63, 3.8) is 0 Å². The fraction of sp³-hybridized carbons (Fsp3) is 0.412. The summed E-state index contributed by atoms with van der Waals surface area (Å²) in [5, 5.41) is 0. The predicted octanol–water partition coefficient (Wildman–Crippen LogP) is 1.26. The van der Waals surface area contributed by atoms with E-state index in [0.717, 1.165) is 28.9 Å². The standard InChI is InChI=1S/C17H19N3O4.ClH/c18-12-1-2-14-11(7-12)3-4-20-15(14)8-16(19-17(20)21)24-10-13-9-22-5-6-23-13;/h1-2,7-8,13H,3-6,9-10,18H2;1H/t13-;/m0./s1. The van der Waals surface area contributed by atoms with Crippen molar-refractivity contribution >= 4 is 18.1 Å². The molecule has 2 aromatic rings. The second-order valence-corrected chi connectivity index (χ2v) is 5.96. The lowest BCUT2D eigenvalue weighted by Crippen LogP contribution is -2.34. The summed E-state index contributed by atoms with van der Waals surface area (Å²) in [7, 11) is 0. The quantitative estimate of drug-likeness (QED) is 0.824. The Hall–Kier alpha value is -2.09. The number of aromatic nitrogens is 2. The van der Waals surface area contributed by atoms with Gasteiger partial charge in [0.05, 0.1) is 25.5 Å². The summed E-state index contributed by atoms with van der Waals surface area (Å²) in [6.45, 7) is 2.56. The van der Waals surface area contributed by atoms with Gasteiger partial charge in [0.2, 0.25) is 5.88 Å². The lowest BCUT2D eigenvalue weighted by Gasteiger charge is -2.24. The summed E-state index contributed by atoms with van der Waals surface area (Å²) in [6.07, 6.45) is 0.633. The number of nitrogens with two attached hydrogens (primary N) is 1. The molecule has 0 unspecified atom stereocenters. The number of ether oxygens (including phenoxy) is 3. The molecule has 1 aromatic heterocycles. The Morgan fingerprint density at radius 3 is 3.00 bits per heavy atom. The second kappa shape index (κ2) is 7.43. The molecule has 8 heteroatoms. The number of nitrogen functional groups attached to an aromatic ring is 1. The number of hydrogen-bond acceptors (Lipinski definition) is 6. The third-order valence-electron chi connectivity index (χ3n) is 4.30. The van der Waals surface area contributed by atoms with Gasteiger partial charge in [0.1, 0.15) is 12.7 Å². The first kappa shape index (κ1) is 17.7. The summed E-state index contributed by atoms with van der Waals surface area (Å²) in [6, 6.07) is 7.54. The first-order chi connectivity index (χ1) is 11.7. The second-order valence-electron chi connectivity index (χ2n) is 5.96. The van der Waals surface area contributed by atoms with Crippen LogP contribution in [0.4, 0.5) is 5.69 Å². The van der Waals surface area contributed by atoms with Crippen LogP contribution in [0.1, 0.15) is 5.56 Å². The number of benzene rings is 1. The van der Waals surface area contributed by atoms with E-state index in [9.17, 15) is 4.79 Å². The van der Waals surface area contributed by atoms with Crippen LogP contribution in [0.5, 0.6) is 5.88 Å². The molecule has 25 heavy (non-hydrogen) atoms. The number of anilines is 1. The van der Waals surface area contributed by atoms with Crippen molar-refractivity contribution in [2.45, 2.75) is 19.1 Å². The molecule has 2 aliphatic rings. The minimum atomic E-state index is -0.300. The summed E-state index contributed by atoms with van der Waals surface area (Å²) < 4.78 is 18.2. The van der Waals surface area contributed by atoms with Crippen LogP contribution in [0, 0.1) is 0 Å². The van der Waals surface area contributed by atoms with E-state index in [0.29, 0.717) is 38.9 Å². The van der Waals surface area contributed by atoms with Gasteiger partial charge in [-0.2, -0.15) is 4.98 Å². The maximum Gasteiger partial charge on any atom is 0.351 e. The molecule has 0 radical (unpaired) electrons. The Morgan fingerprint density at radius 2 is 2.20 bits per heavy atom. The van der Waals surface area contributed by atoms with Crippen LogP contribution in [0.3, 0.4) is 0 Å². The molecule has 1 atom stereocenters. The first-order valence-corrected chi connectivity index (χ1v) is 8.03. The lowest BCUT2D eigenvalue weighted by atomic mass is 9.97. The monoisotopic (exact) mass is 365 g/mol. The molecule has 0 saturated carbocycles. The number of aryl methyl sites for hydroxylation is 1. The molecule has 0 aliphatic carbocycles. The van der Waals surface area contributed by atoms with Crippen molar-refractivity contribution in [1.29, 1.82) is 0 Å². The zero-order valence-corrected chi connectivity index (χ0v) is 14.5. The lowest BCUT2D eigenvalue weighted by molar-refractivity contribution is -0.102. The molecular weight excluding hydrogens is 346 g/mol. The summed E-state index contributed by atoms with van der Waals surface area (Å²) in [5.74, 6) is 0.310. The highest BCUT2D eigenvalue weighted by Crippen LogP contribution is 2.30. The van der Waals surface area contributed by atoms with Gasteiger partial charge in [-0.05, 0) is 24.1 Å². The molecule has 2 N–H and O–H groups in total. The van der Waals surface area contributed by atoms with Gasteiger partial charge in [-0.3, -0.25) is 4.57 Å². The Balaban J connectivity index is 0.00000182. The normalized spacial score (nSPS) is 18.6. The predicted molar refractivity (Wildman–Crippen MR) is 95.4 cm³/mol. The molecule has 1 saturated heterocycles. The van der Waals surface area contributed by atoms with Crippen LogP contribution in [-0.2, 0) is 22.4 Å². The highest BCUT2D eigenvalue weighted by Gasteiger charge is 2.20. The van der Waals surface area contributed by atoms with E-state index in [1.807, 2.05) is 18.2 Å². The van der Waals surface area contributed by atoms with Crippen LogP contribution in [0.15, 0.2) is 29.1 Å². The number of halogens is 1. The molecule has 1 fully saturated rings. The topological polar surface area (TPSA) is 88.6 Å². The van der Waals surface area contributed by atoms with E-state index < -0.39 is 0 Å². The van der Waals surface area contributed by atoms with Gasteiger partial charge in [-0.15, -0.1) is 12.4 Å². The zero-order chi connectivity index (χ0) is 16.5. The van der Waals surface area contributed by atoms with E-state index in [1.54, 1.807) is 10.6 Å². The molecule has 0 bridgehead atoms. The Labute approximate surface area is 151 Å². The molecule has 1 aromatic carbocycles. The molecule has 4 rings (SSSR count). The van der Waals surface area contributed by atoms with Gasteiger partial charge < -0.3 is 19.9 Å². The van der Waals surface area contributed by atoms with Gasteiger partial charge in [-0.1, -0.05) is 6.07 Å².